The van der Waals surface area contributed by atoms with E-state index < -0.39 is 11.7 Å². The monoisotopic (exact) mass is 360 g/mol. The first-order chi connectivity index (χ1) is 12.4. The molecule has 142 valence electrons. The van der Waals surface area contributed by atoms with Crippen LogP contribution in [0.2, 0.25) is 0 Å². The fraction of sp³-hybridized carbons (Fsp3) is 0.600. The lowest BCUT2D eigenvalue weighted by atomic mass is 9.99. The Bertz CT molecular complexity index is 644. The van der Waals surface area contributed by atoms with Gasteiger partial charge in [-0.15, -0.1) is 0 Å². The molecule has 6 heteroatoms. The number of aliphatic hydroxyl groups is 1. The molecule has 1 saturated carbocycles. The van der Waals surface area contributed by atoms with Crippen LogP contribution in [0.3, 0.4) is 0 Å². The van der Waals surface area contributed by atoms with Crippen LogP contribution in [0.25, 0.3) is 0 Å². The molecule has 1 aromatic carbocycles. The third kappa shape index (κ3) is 4.07. The Balaban J connectivity index is 1.60. The van der Waals surface area contributed by atoms with E-state index in [0.29, 0.717) is 25.9 Å². The molecule has 0 spiro atoms. The zero-order valence-corrected chi connectivity index (χ0v) is 15.5. The third-order valence-electron chi connectivity index (χ3n) is 5.56. The van der Waals surface area contributed by atoms with Crippen LogP contribution in [-0.4, -0.2) is 59.8 Å². The molecule has 1 aliphatic carbocycles. The number of amides is 2. The molecule has 0 radical (unpaired) electrons. The number of aliphatic hydroxyl groups excluding tert-OH is 1. The summed E-state index contributed by atoms with van der Waals surface area (Å²) in [4.78, 5) is 26.9. The van der Waals surface area contributed by atoms with Crippen LogP contribution in [0.1, 0.15) is 44.1 Å². The normalized spacial score (nSPS) is 25.9. The van der Waals surface area contributed by atoms with Gasteiger partial charge in [-0.05, 0) is 38.2 Å². The Morgan fingerprint density at radius 1 is 1.31 bits per heavy atom. The summed E-state index contributed by atoms with van der Waals surface area (Å²) in [6, 6.07) is 9.52. The molecule has 1 aliphatic heterocycles. The van der Waals surface area contributed by atoms with Gasteiger partial charge in [-0.25, -0.2) is 0 Å². The van der Waals surface area contributed by atoms with E-state index in [1.807, 2.05) is 37.3 Å². The quantitative estimate of drug-likeness (QED) is 0.833. The van der Waals surface area contributed by atoms with Gasteiger partial charge in [0.1, 0.15) is 5.60 Å². The van der Waals surface area contributed by atoms with Gasteiger partial charge >= 0.3 is 0 Å². The van der Waals surface area contributed by atoms with Gasteiger partial charge in [-0.1, -0.05) is 30.3 Å². The first-order valence-corrected chi connectivity index (χ1v) is 9.33. The number of methoxy groups -OCH3 is 1. The Kier molecular flexibility index (Phi) is 5.63. The maximum Gasteiger partial charge on any atom is 0.252 e. The van der Waals surface area contributed by atoms with Crippen molar-refractivity contribution < 1.29 is 19.4 Å². The topological polar surface area (TPSA) is 78.9 Å². The SMILES string of the molecule is COC1(C(=O)N[C@@H]2CCN(C(=O)C(C)c3ccccc3)C[C@H](O)C2)CC1. The molecule has 3 rings (SSSR count). The Morgan fingerprint density at radius 2 is 2.00 bits per heavy atom. The van der Waals surface area contributed by atoms with Gasteiger partial charge in [0.15, 0.2) is 0 Å². The van der Waals surface area contributed by atoms with Crippen LogP contribution in [-0.2, 0) is 14.3 Å². The van der Waals surface area contributed by atoms with E-state index in [4.69, 9.17) is 4.74 Å². The maximum atomic E-state index is 12.8. The fourth-order valence-corrected chi connectivity index (χ4v) is 3.62. The molecular weight excluding hydrogens is 332 g/mol. The molecule has 0 aromatic heterocycles. The minimum absolute atomic E-state index is 0.0118. The number of likely N-dealkylation sites (tertiary alicyclic amines) is 1. The van der Waals surface area contributed by atoms with Gasteiger partial charge in [-0.2, -0.15) is 0 Å². The molecular formula is C20H28N2O4. The first-order valence-electron chi connectivity index (χ1n) is 9.33. The van der Waals surface area contributed by atoms with E-state index in [9.17, 15) is 14.7 Å². The van der Waals surface area contributed by atoms with Crippen molar-refractivity contribution in [2.75, 3.05) is 20.2 Å². The van der Waals surface area contributed by atoms with Crippen LogP contribution in [0, 0.1) is 0 Å². The number of nitrogens with zero attached hydrogens (tertiary/aromatic N) is 1. The second kappa shape index (κ2) is 7.76. The summed E-state index contributed by atoms with van der Waals surface area (Å²) in [7, 11) is 1.56. The summed E-state index contributed by atoms with van der Waals surface area (Å²) in [5.74, 6) is -0.342. The summed E-state index contributed by atoms with van der Waals surface area (Å²) >= 11 is 0. The van der Waals surface area contributed by atoms with E-state index in [2.05, 4.69) is 5.32 Å². The Labute approximate surface area is 154 Å². The molecule has 1 unspecified atom stereocenters. The highest BCUT2D eigenvalue weighted by molar-refractivity contribution is 5.88. The summed E-state index contributed by atoms with van der Waals surface area (Å²) in [5, 5.41) is 13.3. The number of β-amino-alcohol motifs (C(OH)–C–C–N with tert-alkyl or cyclic N) is 1. The van der Waals surface area contributed by atoms with Crippen molar-refractivity contribution in [3.05, 3.63) is 35.9 Å². The van der Waals surface area contributed by atoms with Crippen LogP contribution < -0.4 is 5.32 Å². The molecule has 3 atom stereocenters. The molecule has 6 nitrogen and oxygen atoms in total. The van der Waals surface area contributed by atoms with Crippen LogP contribution in [0.15, 0.2) is 30.3 Å². The highest BCUT2D eigenvalue weighted by Gasteiger charge is 2.51. The molecule has 0 bridgehead atoms. The van der Waals surface area contributed by atoms with Crippen molar-refractivity contribution in [3.63, 3.8) is 0 Å². The fourth-order valence-electron chi connectivity index (χ4n) is 3.62. The van der Waals surface area contributed by atoms with Crippen LogP contribution in [0.5, 0.6) is 0 Å². The zero-order chi connectivity index (χ0) is 18.7. The van der Waals surface area contributed by atoms with E-state index in [-0.39, 0.29) is 23.8 Å². The maximum absolute atomic E-state index is 12.8. The largest absolute Gasteiger partial charge is 0.391 e. The summed E-state index contributed by atoms with van der Waals surface area (Å²) in [5.41, 5.74) is 0.297. The average Bonchev–Trinajstić information content (AvgIpc) is 3.46. The highest BCUT2D eigenvalue weighted by Crippen LogP contribution is 2.39. The molecule has 2 fully saturated rings. The Hall–Kier alpha value is -1.92. The van der Waals surface area contributed by atoms with Crippen LogP contribution in [0.4, 0.5) is 0 Å². The smallest absolute Gasteiger partial charge is 0.252 e. The van der Waals surface area contributed by atoms with Crippen molar-refractivity contribution in [2.24, 2.45) is 0 Å². The van der Waals surface area contributed by atoms with Gasteiger partial charge in [0.05, 0.1) is 12.0 Å². The number of carbonyl (C=O) groups excluding carboxylic acids is 2. The van der Waals surface area contributed by atoms with Gasteiger partial charge in [-0.3, -0.25) is 9.59 Å². The summed E-state index contributed by atoms with van der Waals surface area (Å²) in [6.07, 6.45) is 1.92. The molecule has 1 saturated heterocycles. The summed E-state index contributed by atoms with van der Waals surface area (Å²) < 4.78 is 5.31. The van der Waals surface area contributed by atoms with Gasteiger partial charge < -0.3 is 20.1 Å². The lowest BCUT2D eigenvalue weighted by Crippen LogP contribution is -2.44. The standard InChI is InChI=1S/C20H28N2O4/c1-14(15-6-4-3-5-7-15)18(24)22-11-8-16(12-17(23)13-22)21-19(25)20(26-2)9-10-20/h3-7,14,16-17,23H,8-13H2,1-2H3,(H,21,25)/t14?,16-,17-/m1/s1. The summed E-state index contributed by atoms with van der Waals surface area (Å²) in [6.45, 7) is 2.72. The average molecular weight is 360 g/mol. The van der Waals surface area contributed by atoms with Crippen molar-refractivity contribution >= 4 is 11.8 Å². The number of carbonyl (C=O) groups is 2. The second-order valence-corrected chi connectivity index (χ2v) is 7.46. The van der Waals surface area contributed by atoms with E-state index >= 15 is 0 Å². The molecule has 26 heavy (non-hydrogen) atoms. The van der Waals surface area contributed by atoms with Crippen molar-refractivity contribution in [2.45, 2.75) is 56.3 Å². The van der Waals surface area contributed by atoms with Crippen molar-refractivity contribution in [3.8, 4) is 0 Å². The minimum atomic E-state index is -0.672. The molecule has 2 N–H and O–H groups in total. The van der Waals surface area contributed by atoms with Gasteiger partial charge in [0.25, 0.3) is 5.91 Å². The van der Waals surface area contributed by atoms with E-state index in [0.717, 1.165) is 18.4 Å². The first kappa shape index (κ1) is 18.9. The highest BCUT2D eigenvalue weighted by atomic mass is 16.5. The number of hydrogen-bond acceptors (Lipinski definition) is 4. The number of benzene rings is 1. The number of ether oxygens (including phenoxy) is 1. The lowest BCUT2D eigenvalue weighted by Gasteiger charge is -2.25. The second-order valence-electron chi connectivity index (χ2n) is 7.46. The predicted molar refractivity (Wildman–Crippen MR) is 97.6 cm³/mol. The minimum Gasteiger partial charge on any atom is -0.391 e. The molecule has 2 aliphatic rings. The predicted octanol–water partition coefficient (Wildman–Crippen LogP) is 1.44. The van der Waals surface area contributed by atoms with Gasteiger partial charge in [0.2, 0.25) is 5.91 Å². The van der Waals surface area contributed by atoms with Crippen molar-refractivity contribution in [1.82, 2.24) is 10.2 Å². The Morgan fingerprint density at radius 3 is 2.62 bits per heavy atom. The molecule has 1 aromatic rings. The van der Waals surface area contributed by atoms with Gasteiger partial charge in [0, 0.05) is 26.2 Å². The third-order valence-corrected chi connectivity index (χ3v) is 5.56. The van der Waals surface area contributed by atoms with E-state index in [1.54, 1.807) is 12.0 Å². The van der Waals surface area contributed by atoms with E-state index in [1.165, 1.54) is 0 Å². The molecule has 1 heterocycles. The lowest BCUT2D eigenvalue weighted by molar-refractivity contribution is -0.134. The number of rotatable bonds is 5. The van der Waals surface area contributed by atoms with Crippen molar-refractivity contribution in [1.29, 1.82) is 0 Å². The molecule has 2 amide bonds. The number of nitrogens with one attached hydrogen (secondary N) is 1. The van der Waals surface area contributed by atoms with Crippen LogP contribution >= 0.6 is 0 Å². The zero-order valence-electron chi connectivity index (χ0n) is 15.5. The number of hydrogen-bond donors (Lipinski definition) is 2.